The molecule has 3 rings (SSSR count). The SMILES string of the molecule is CCn1c(=NC(=O)C=Cc2cccs2)sc2cc(Cl)cc(C)c21. The maximum Gasteiger partial charge on any atom is 0.272 e. The van der Waals surface area contributed by atoms with Gasteiger partial charge in [-0.25, -0.2) is 0 Å². The van der Waals surface area contributed by atoms with E-state index < -0.39 is 0 Å². The van der Waals surface area contributed by atoms with E-state index in [2.05, 4.69) is 9.56 Å². The molecule has 0 saturated carbocycles. The number of aromatic nitrogens is 1. The zero-order valence-corrected chi connectivity index (χ0v) is 15.1. The van der Waals surface area contributed by atoms with Crippen molar-refractivity contribution in [3.05, 3.63) is 56.0 Å². The Kier molecular flexibility index (Phi) is 4.80. The third kappa shape index (κ3) is 3.47. The molecule has 0 aliphatic heterocycles. The molecular formula is C17H15ClN2OS2. The van der Waals surface area contributed by atoms with Crippen molar-refractivity contribution in [3.63, 3.8) is 0 Å². The summed E-state index contributed by atoms with van der Waals surface area (Å²) in [6.45, 7) is 4.82. The third-order valence-corrected chi connectivity index (χ3v) is 5.47. The van der Waals surface area contributed by atoms with Crippen molar-refractivity contribution < 1.29 is 4.79 Å². The highest BCUT2D eigenvalue weighted by atomic mass is 35.5. The van der Waals surface area contributed by atoms with Gasteiger partial charge < -0.3 is 4.57 Å². The fourth-order valence-electron chi connectivity index (χ4n) is 2.43. The number of carbonyl (C=O) groups excluding carboxylic acids is 1. The summed E-state index contributed by atoms with van der Waals surface area (Å²) in [6.07, 6.45) is 3.30. The van der Waals surface area contributed by atoms with E-state index in [1.807, 2.05) is 43.5 Å². The molecule has 0 N–H and O–H groups in total. The molecule has 1 aromatic carbocycles. The molecule has 2 heterocycles. The first kappa shape index (κ1) is 16.2. The molecule has 0 unspecified atom stereocenters. The number of hydrogen-bond donors (Lipinski definition) is 0. The minimum Gasteiger partial charge on any atom is -0.316 e. The fourth-order valence-corrected chi connectivity index (χ4v) is 4.60. The van der Waals surface area contributed by atoms with E-state index in [0.717, 1.165) is 27.2 Å². The van der Waals surface area contributed by atoms with Crippen LogP contribution in [0.15, 0.2) is 40.7 Å². The summed E-state index contributed by atoms with van der Waals surface area (Å²) in [5.74, 6) is -0.254. The number of thiophene rings is 1. The van der Waals surface area contributed by atoms with Gasteiger partial charge in [0.25, 0.3) is 5.91 Å². The second kappa shape index (κ2) is 6.83. The standard InChI is InChI=1S/C17H15ClN2OS2/c1-3-20-16-11(2)9-12(18)10-14(16)23-17(20)19-15(21)7-6-13-5-4-8-22-13/h4-10H,3H2,1-2H3. The van der Waals surface area contributed by atoms with Crippen LogP contribution in [0.5, 0.6) is 0 Å². The Labute approximate surface area is 147 Å². The smallest absolute Gasteiger partial charge is 0.272 e. The molecule has 3 aromatic rings. The van der Waals surface area contributed by atoms with Crippen molar-refractivity contribution in [3.8, 4) is 0 Å². The van der Waals surface area contributed by atoms with Gasteiger partial charge in [-0.2, -0.15) is 4.99 Å². The summed E-state index contributed by atoms with van der Waals surface area (Å²) >= 11 is 9.21. The zero-order valence-electron chi connectivity index (χ0n) is 12.7. The first-order valence-corrected chi connectivity index (χ1v) is 9.25. The number of carbonyl (C=O) groups is 1. The first-order valence-electron chi connectivity index (χ1n) is 7.18. The van der Waals surface area contributed by atoms with Crippen LogP contribution in [-0.2, 0) is 11.3 Å². The van der Waals surface area contributed by atoms with E-state index >= 15 is 0 Å². The van der Waals surface area contributed by atoms with E-state index in [1.165, 1.54) is 17.4 Å². The predicted molar refractivity (Wildman–Crippen MR) is 99.2 cm³/mol. The number of thiazole rings is 1. The van der Waals surface area contributed by atoms with Crippen LogP contribution in [-0.4, -0.2) is 10.5 Å². The van der Waals surface area contributed by atoms with E-state index in [0.29, 0.717) is 9.82 Å². The second-order valence-electron chi connectivity index (χ2n) is 5.00. The highest BCUT2D eigenvalue weighted by molar-refractivity contribution is 7.16. The number of nitrogens with zero attached hydrogens (tertiary/aromatic N) is 2. The van der Waals surface area contributed by atoms with Crippen LogP contribution < -0.4 is 4.80 Å². The average molecular weight is 363 g/mol. The first-order chi connectivity index (χ1) is 11.1. The lowest BCUT2D eigenvalue weighted by atomic mass is 10.2. The molecule has 0 fully saturated rings. The summed E-state index contributed by atoms with van der Waals surface area (Å²) in [7, 11) is 0. The van der Waals surface area contributed by atoms with Gasteiger partial charge in [0.05, 0.1) is 10.2 Å². The molecule has 0 spiro atoms. The van der Waals surface area contributed by atoms with E-state index in [1.54, 1.807) is 17.4 Å². The maximum absolute atomic E-state index is 12.1. The number of hydrogen-bond acceptors (Lipinski definition) is 3. The van der Waals surface area contributed by atoms with E-state index in [9.17, 15) is 4.79 Å². The minimum absolute atomic E-state index is 0.254. The van der Waals surface area contributed by atoms with Crippen LogP contribution in [0, 0.1) is 6.92 Å². The van der Waals surface area contributed by atoms with Crippen molar-refractivity contribution in [1.29, 1.82) is 0 Å². The Bertz CT molecular complexity index is 949. The van der Waals surface area contributed by atoms with E-state index in [-0.39, 0.29) is 5.91 Å². The van der Waals surface area contributed by atoms with Crippen LogP contribution >= 0.6 is 34.3 Å². The molecule has 6 heteroatoms. The van der Waals surface area contributed by atoms with Crippen LogP contribution in [0.2, 0.25) is 5.02 Å². The second-order valence-corrected chi connectivity index (χ2v) is 7.42. The summed E-state index contributed by atoms with van der Waals surface area (Å²) in [4.78, 5) is 18.1. The Morgan fingerprint density at radius 1 is 1.43 bits per heavy atom. The number of benzene rings is 1. The molecule has 0 saturated heterocycles. The van der Waals surface area contributed by atoms with Gasteiger partial charge >= 0.3 is 0 Å². The lowest BCUT2D eigenvalue weighted by Gasteiger charge is -2.03. The van der Waals surface area contributed by atoms with Gasteiger partial charge in [-0.3, -0.25) is 4.79 Å². The Morgan fingerprint density at radius 3 is 2.96 bits per heavy atom. The molecule has 2 aromatic heterocycles. The summed E-state index contributed by atoms with van der Waals surface area (Å²) < 4.78 is 3.10. The van der Waals surface area contributed by atoms with Crippen molar-refractivity contribution in [2.45, 2.75) is 20.4 Å². The normalized spacial score (nSPS) is 12.6. The zero-order chi connectivity index (χ0) is 16.4. The monoisotopic (exact) mass is 362 g/mol. The van der Waals surface area contributed by atoms with Crippen LogP contribution in [0.3, 0.4) is 0 Å². The summed E-state index contributed by atoms with van der Waals surface area (Å²) in [6, 6.07) is 7.78. The number of rotatable bonds is 3. The molecule has 0 atom stereocenters. The molecule has 0 bridgehead atoms. The number of amides is 1. The van der Waals surface area contributed by atoms with Gasteiger partial charge in [-0.15, -0.1) is 11.3 Å². The minimum atomic E-state index is -0.254. The van der Waals surface area contributed by atoms with Gasteiger partial charge in [-0.05, 0) is 49.1 Å². The highest BCUT2D eigenvalue weighted by Gasteiger charge is 2.09. The summed E-state index contributed by atoms with van der Waals surface area (Å²) in [5, 5.41) is 2.68. The Hall–Kier alpha value is -1.69. The van der Waals surface area contributed by atoms with Gasteiger partial charge in [-0.1, -0.05) is 29.0 Å². The average Bonchev–Trinajstić information content (AvgIpc) is 3.12. The van der Waals surface area contributed by atoms with Crippen molar-refractivity contribution in [1.82, 2.24) is 4.57 Å². The number of aryl methyl sites for hydroxylation is 2. The third-order valence-electron chi connectivity index (χ3n) is 3.39. The van der Waals surface area contributed by atoms with Gasteiger partial charge in [0.1, 0.15) is 0 Å². The number of halogens is 1. The summed E-state index contributed by atoms with van der Waals surface area (Å²) in [5.41, 5.74) is 2.18. The molecule has 3 nitrogen and oxygen atoms in total. The molecule has 0 aliphatic carbocycles. The number of fused-ring (bicyclic) bond motifs is 1. The molecule has 0 aliphatic rings. The lowest BCUT2D eigenvalue weighted by molar-refractivity contribution is -0.113. The lowest BCUT2D eigenvalue weighted by Crippen LogP contribution is -2.15. The Morgan fingerprint density at radius 2 is 2.26 bits per heavy atom. The van der Waals surface area contributed by atoms with Crippen LogP contribution in [0.1, 0.15) is 17.4 Å². The molecule has 118 valence electrons. The molecule has 1 amide bonds. The van der Waals surface area contributed by atoms with Gasteiger partial charge in [0.2, 0.25) is 0 Å². The predicted octanol–water partition coefficient (Wildman–Crippen LogP) is 4.89. The van der Waals surface area contributed by atoms with Crippen LogP contribution in [0.25, 0.3) is 16.3 Å². The Balaban J connectivity index is 2.05. The largest absolute Gasteiger partial charge is 0.316 e. The van der Waals surface area contributed by atoms with Crippen molar-refractivity contribution in [2.24, 2.45) is 4.99 Å². The van der Waals surface area contributed by atoms with E-state index in [4.69, 9.17) is 11.6 Å². The highest BCUT2D eigenvalue weighted by Crippen LogP contribution is 2.25. The molecule has 0 radical (unpaired) electrons. The van der Waals surface area contributed by atoms with Gasteiger partial charge in [0, 0.05) is 22.5 Å². The van der Waals surface area contributed by atoms with Crippen molar-refractivity contribution >= 4 is 56.5 Å². The topological polar surface area (TPSA) is 34.4 Å². The molecular weight excluding hydrogens is 348 g/mol. The van der Waals surface area contributed by atoms with Gasteiger partial charge in [0.15, 0.2) is 4.80 Å². The maximum atomic E-state index is 12.1. The van der Waals surface area contributed by atoms with Crippen LogP contribution in [0.4, 0.5) is 0 Å². The quantitative estimate of drug-likeness (QED) is 0.611. The fraction of sp³-hybridized carbons (Fsp3) is 0.176. The van der Waals surface area contributed by atoms with Crippen molar-refractivity contribution in [2.75, 3.05) is 0 Å². The molecule has 23 heavy (non-hydrogen) atoms.